The van der Waals surface area contributed by atoms with E-state index in [1.807, 2.05) is 31.2 Å². The lowest BCUT2D eigenvalue weighted by atomic mass is 9.99. The first kappa shape index (κ1) is 21.0. The van der Waals surface area contributed by atoms with Crippen molar-refractivity contribution < 1.29 is 14.3 Å². The zero-order chi connectivity index (χ0) is 18.7. The van der Waals surface area contributed by atoms with Gasteiger partial charge in [-0.05, 0) is 44.0 Å². The van der Waals surface area contributed by atoms with E-state index in [1.54, 1.807) is 0 Å². The van der Waals surface area contributed by atoms with Crippen LogP contribution in [0.5, 0.6) is 0 Å². The zero-order valence-corrected chi connectivity index (χ0v) is 15.7. The standard InChI is InChI=1S/C19H31N3O3/c1-5-9-20-12-18(23)21-15-10-16(11-15)22-19(24)13-25-17(6-2)8-7-14(3)4/h6-8,10,14-15,20H,5,9,11-13H2,1-4H3,(H,21,23)(H,22,24)/b8-7-,17-6+. The summed E-state index contributed by atoms with van der Waals surface area (Å²) in [6, 6.07) is -0.00720. The minimum absolute atomic E-state index is 0.00720. The summed E-state index contributed by atoms with van der Waals surface area (Å²) in [6.07, 6.45) is 9.20. The van der Waals surface area contributed by atoms with Gasteiger partial charge in [0, 0.05) is 12.1 Å². The van der Waals surface area contributed by atoms with Gasteiger partial charge >= 0.3 is 0 Å². The van der Waals surface area contributed by atoms with Crippen LogP contribution in [0.15, 0.2) is 35.8 Å². The van der Waals surface area contributed by atoms with Crippen molar-refractivity contribution in [1.82, 2.24) is 16.0 Å². The van der Waals surface area contributed by atoms with Crippen LogP contribution < -0.4 is 16.0 Å². The van der Waals surface area contributed by atoms with E-state index >= 15 is 0 Å². The monoisotopic (exact) mass is 349 g/mol. The Morgan fingerprint density at radius 3 is 2.68 bits per heavy atom. The van der Waals surface area contributed by atoms with Gasteiger partial charge in [0.25, 0.3) is 5.91 Å². The number of allylic oxidation sites excluding steroid dienone is 3. The first-order valence-corrected chi connectivity index (χ1v) is 8.92. The number of rotatable bonds is 11. The van der Waals surface area contributed by atoms with Crippen molar-refractivity contribution in [2.45, 2.75) is 46.6 Å². The molecule has 1 aliphatic carbocycles. The third kappa shape index (κ3) is 9.10. The Morgan fingerprint density at radius 2 is 2.08 bits per heavy atom. The number of amides is 2. The third-order valence-electron chi connectivity index (χ3n) is 3.50. The van der Waals surface area contributed by atoms with Gasteiger partial charge < -0.3 is 20.7 Å². The van der Waals surface area contributed by atoms with E-state index in [-0.39, 0.29) is 24.5 Å². The second kappa shape index (κ2) is 11.5. The summed E-state index contributed by atoms with van der Waals surface area (Å²) in [5, 5.41) is 8.73. The molecule has 1 rings (SSSR count). The molecule has 0 heterocycles. The van der Waals surface area contributed by atoms with Crippen LogP contribution in [0.1, 0.15) is 40.5 Å². The van der Waals surface area contributed by atoms with Crippen LogP contribution >= 0.6 is 0 Å². The number of carbonyl (C=O) groups excluding carboxylic acids is 2. The van der Waals surface area contributed by atoms with Gasteiger partial charge in [0.2, 0.25) is 5.91 Å². The molecule has 3 N–H and O–H groups in total. The smallest absolute Gasteiger partial charge is 0.262 e. The van der Waals surface area contributed by atoms with Crippen LogP contribution in [0.3, 0.4) is 0 Å². The van der Waals surface area contributed by atoms with E-state index < -0.39 is 0 Å². The Kier molecular flexibility index (Phi) is 9.62. The van der Waals surface area contributed by atoms with Gasteiger partial charge in [0.05, 0.1) is 12.6 Å². The minimum atomic E-state index is -0.196. The van der Waals surface area contributed by atoms with Crippen molar-refractivity contribution in [1.29, 1.82) is 0 Å². The van der Waals surface area contributed by atoms with Gasteiger partial charge in [-0.25, -0.2) is 0 Å². The average molecular weight is 349 g/mol. The fourth-order valence-electron chi connectivity index (χ4n) is 2.15. The summed E-state index contributed by atoms with van der Waals surface area (Å²) in [5.41, 5.74) is 0.820. The van der Waals surface area contributed by atoms with Crippen molar-refractivity contribution >= 4 is 11.8 Å². The summed E-state index contributed by atoms with van der Waals surface area (Å²) in [6.45, 7) is 9.20. The minimum Gasteiger partial charge on any atom is -0.484 e. The fraction of sp³-hybridized carbons (Fsp3) is 0.579. The van der Waals surface area contributed by atoms with Crippen molar-refractivity contribution in [3.8, 4) is 0 Å². The summed E-state index contributed by atoms with van der Waals surface area (Å²) < 4.78 is 5.48. The van der Waals surface area contributed by atoms with Crippen molar-refractivity contribution in [3.05, 3.63) is 35.8 Å². The van der Waals surface area contributed by atoms with E-state index in [9.17, 15) is 9.59 Å². The highest BCUT2D eigenvalue weighted by Gasteiger charge is 2.22. The molecule has 0 saturated heterocycles. The van der Waals surface area contributed by atoms with Crippen LogP contribution in [0.4, 0.5) is 0 Å². The summed E-state index contributed by atoms with van der Waals surface area (Å²) >= 11 is 0. The molecule has 0 aromatic carbocycles. The van der Waals surface area contributed by atoms with E-state index in [1.165, 1.54) is 0 Å². The highest BCUT2D eigenvalue weighted by Crippen LogP contribution is 2.16. The normalized spacial score (nSPS) is 17.2. The molecule has 0 radical (unpaired) electrons. The van der Waals surface area contributed by atoms with Gasteiger partial charge in [0.1, 0.15) is 5.76 Å². The molecule has 0 fully saturated rings. The summed E-state index contributed by atoms with van der Waals surface area (Å²) in [4.78, 5) is 23.5. The molecule has 1 atom stereocenters. The lowest BCUT2D eigenvalue weighted by molar-refractivity contribution is -0.123. The Morgan fingerprint density at radius 1 is 1.36 bits per heavy atom. The molecular weight excluding hydrogens is 318 g/mol. The molecule has 0 bridgehead atoms. The average Bonchev–Trinajstić information content (AvgIpc) is 2.53. The molecule has 0 aliphatic heterocycles. The number of nitrogens with one attached hydrogen (secondary N) is 3. The molecule has 0 saturated carbocycles. The predicted octanol–water partition coefficient (Wildman–Crippen LogP) is 2.01. The first-order valence-electron chi connectivity index (χ1n) is 8.92. The Hall–Kier alpha value is -2.08. The van der Waals surface area contributed by atoms with Crippen molar-refractivity contribution in [2.24, 2.45) is 5.92 Å². The van der Waals surface area contributed by atoms with Gasteiger partial charge in [-0.15, -0.1) is 0 Å². The second-order valence-electron chi connectivity index (χ2n) is 6.38. The molecular formula is C19H31N3O3. The summed E-state index contributed by atoms with van der Waals surface area (Å²) in [5.74, 6) is 0.879. The highest BCUT2D eigenvalue weighted by molar-refractivity contribution is 5.80. The fourth-order valence-corrected chi connectivity index (χ4v) is 2.15. The molecule has 0 spiro atoms. The van der Waals surface area contributed by atoms with Crippen molar-refractivity contribution in [3.63, 3.8) is 0 Å². The molecule has 6 nitrogen and oxygen atoms in total. The molecule has 25 heavy (non-hydrogen) atoms. The van der Waals surface area contributed by atoms with Crippen LogP contribution in [-0.4, -0.2) is 37.6 Å². The lowest BCUT2D eigenvalue weighted by Crippen LogP contribution is -2.45. The number of carbonyl (C=O) groups is 2. The van der Waals surface area contributed by atoms with Crippen LogP contribution in [0.2, 0.25) is 0 Å². The maximum absolute atomic E-state index is 11.9. The van der Waals surface area contributed by atoms with E-state index in [2.05, 4.69) is 36.7 Å². The van der Waals surface area contributed by atoms with E-state index in [4.69, 9.17) is 4.74 Å². The van der Waals surface area contributed by atoms with Crippen LogP contribution in [0, 0.1) is 5.92 Å². The third-order valence-corrected chi connectivity index (χ3v) is 3.50. The Balaban J connectivity index is 2.25. The van der Waals surface area contributed by atoms with Crippen molar-refractivity contribution in [2.75, 3.05) is 19.7 Å². The van der Waals surface area contributed by atoms with Crippen LogP contribution in [-0.2, 0) is 14.3 Å². The largest absolute Gasteiger partial charge is 0.484 e. The molecule has 1 aliphatic rings. The SMILES string of the molecule is C/C=C(\C=C/C(C)C)OCC(=O)NC1=CC(NC(=O)CNCCC)C1. The molecule has 2 amide bonds. The topological polar surface area (TPSA) is 79.5 Å². The second-order valence-corrected chi connectivity index (χ2v) is 6.38. The Bertz CT molecular complexity index is 536. The molecule has 0 aromatic rings. The molecule has 140 valence electrons. The predicted molar refractivity (Wildman–Crippen MR) is 99.6 cm³/mol. The maximum atomic E-state index is 11.9. The molecule has 0 aromatic heterocycles. The van der Waals surface area contributed by atoms with Gasteiger partial charge in [-0.1, -0.05) is 26.8 Å². The lowest BCUT2D eigenvalue weighted by Gasteiger charge is -2.26. The first-order chi connectivity index (χ1) is 11.9. The number of ether oxygens (including phenoxy) is 1. The van der Waals surface area contributed by atoms with Gasteiger partial charge in [0.15, 0.2) is 6.61 Å². The van der Waals surface area contributed by atoms with Gasteiger partial charge in [-0.2, -0.15) is 0 Å². The molecule has 1 unspecified atom stereocenters. The number of hydrogen-bond acceptors (Lipinski definition) is 4. The molecule has 6 heteroatoms. The van der Waals surface area contributed by atoms with E-state index in [0.29, 0.717) is 24.6 Å². The highest BCUT2D eigenvalue weighted by atomic mass is 16.5. The Labute approximate surface area is 150 Å². The zero-order valence-electron chi connectivity index (χ0n) is 15.7. The maximum Gasteiger partial charge on any atom is 0.262 e. The van der Waals surface area contributed by atoms with Crippen LogP contribution in [0.25, 0.3) is 0 Å². The quantitative estimate of drug-likeness (QED) is 0.303. The van der Waals surface area contributed by atoms with Gasteiger partial charge in [-0.3, -0.25) is 9.59 Å². The summed E-state index contributed by atoms with van der Waals surface area (Å²) in [7, 11) is 0. The number of hydrogen-bond donors (Lipinski definition) is 3. The van der Waals surface area contributed by atoms with E-state index in [0.717, 1.165) is 18.7 Å².